The molecule has 0 aliphatic carbocycles. The molecule has 27 heavy (non-hydrogen) atoms. The third-order valence-corrected chi connectivity index (χ3v) is 7.00. The van der Waals surface area contributed by atoms with Gasteiger partial charge in [-0.1, -0.05) is 0 Å². The summed E-state index contributed by atoms with van der Waals surface area (Å²) in [7, 11) is -3.47. The molecule has 2 aliphatic heterocycles. The normalized spacial score (nSPS) is 22.1. The van der Waals surface area contributed by atoms with E-state index in [0.29, 0.717) is 51.6 Å². The number of hydrogen-bond donors (Lipinski definition) is 1. The second-order valence-corrected chi connectivity index (χ2v) is 8.58. The Labute approximate surface area is 158 Å². The van der Waals surface area contributed by atoms with Gasteiger partial charge in [0.1, 0.15) is 12.1 Å². The Kier molecular flexibility index (Phi) is 5.04. The molecule has 2 saturated heterocycles. The molecule has 4 rings (SSSR count). The Balaban J connectivity index is 1.58. The van der Waals surface area contributed by atoms with Gasteiger partial charge < -0.3 is 10.5 Å². The second-order valence-electron chi connectivity index (χ2n) is 6.65. The molecule has 2 aromatic rings. The van der Waals surface area contributed by atoms with Gasteiger partial charge in [-0.25, -0.2) is 15.0 Å². The van der Waals surface area contributed by atoms with Crippen LogP contribution in [0.2, 0.25) is 0 Å². The molecule has 2 N–H and O–H groups in total. The van der Waals surface area contributed by atoms with Crippen LogP contribution in [0.4, 0.5) is 5.82 Å². The Bertz CT molecular complexity index is 916. The first-order chi connectivity index (χ1) is 13.1. The molecule has 144 valence electrons. The van der Waals surface area contributed by atoms with Crippen molar-refractivity contribution < 1.29 is 13.2 Å². The van der Waals surface area contributed by atoms with E-state index in [9.17, 15) is 8.42 Å². The van der Waals surface area contributed by atoms with Gasteiger partial charge in [-0.3, -0.25) is 0 Å². The highest BCUT2D eigenvalue weighted by Gasteiger charge is 2.37. The molecule has 0 saturated carbocycles. The van der Waals surface area contributed by atoms with E-state index in [4.69, 9.17) is 10.5 Å². The van der Waals surface area contributed by atoms with E-state index in [1.807, 2.05) is 6.07 Å². The molecule has 0 spiro atoms. The lowest BCUT2D eigenvalue weighted by Crippen LogP contribution is -2.47. The zero-order valence-corrected chi connectivity index (χ0v) is 15.7. The van der Waals surface area contributed by atoms with Crippen LogP contribution >= 0.6 is 0 Å². The van der Waals surface area contributed by atoms with Crippen LogP contribution in [0.3, 0.4) is 0 Å². The summed E-state index contributed by atoms with van der Waals surface area (Å²) in [6.07, 6.45) is 5.61. The van der Waals surface area contributed by atoms with Crippen LogP contribution in [0.5, 0.6) is 0 Å². The highest BCUT2D eigenvalue weighted by atomic mass is 32.2. The van der Waals surface area contributed by atoms with Crippen molar-refractivity contribution in [3.63, 3.8) is 0 Å². The van der Waals surface area contributed by atoms with Crippen LogP contribution < -0.4 is 5.73 Å². The first-order valence-electron chi connectivity index (χ1n) is 8.90. The van der Waals surface area contributed by atoms with E-state index in [2.05, 4.69) is 15.0 Å². The molecule has 10 heteroatoms. The number of rotatable bonds is 4. The van der Waals surface area contributed by atoms with Crippen molar-refractivity contribution in [1.82, 2.24) is 23.6 Å². The van der Waals surface area contributed by atoms with Crippen LogP contribution in [0, 0.1) is 0 Å². The summed E-state index contributed by atoms with van der Waals surface area (Å²) in [6.45, 7) is 2.57. The van der Waals surface area contributed by atoms with E-state index < -0.39 is 10.2 Å². The van der Waals surface area contributed by atoms with Gasteiger partial charge in [-0.15, -0.1) is 0 Å². The molecule has 2 fully saturated rings. The first-order valence-corrected chi connectivity index (χ1v) is 10.3. The van der Waals surface area contributed by atoms with Crippen LogP contribution in [-0.2, 0) is 14.9 Å². The first kappa shape index (κ1) is 18.2. The van der Waals surface area contributed by atoms with Gasteiger partial charge in [0.15, 0.2) is 0 Å². The van der Waals surface area contributed by atoms with Gasteiger partial charge in [0.25, 0.3) is 10.2 Å². The van der Waals surface area contributed by atoms with Crippen molar-refractivity contribution >= 4 is 16.0 Å². The van der Waals surface area contributed by atoms with E-state index in [-0.39, 0.29) is 5.92 Å². The molecule has 1 atom stereocenters. The minimum atomic E-state index is -3.47. The van der Waals surface area contributed by atoms with E-state index in [0.717, 1.165) is 16.8 Å². The van der Waals surface area contributed by atoms with Crippen molar-refractivity contribution in [1.29, 1.82) is 0 Å². The highest BCUT2D eigenvalue weighted by Crippen LogP contribution is 2.34. The lowest BCUT2D eigenvalue weighted by molar-refractivity contribution is 0.0705. The Hall–Kier alpha value is -2.14. The molecule has 1 unspecified atom stereocenters. The van der Waals surface area contributed by atoms with Gasteiger partial charge in [-0.2, -0.15) is 17.0 Å². The fourth-order valence-corrected chi connectivity index (χ4v) is 5.25. The van der Waals surface area contributed by atoms with Crippen LogP contribution in [0.1, 0.15) is 18.0 Å². The van der Waals surface area contributed by atoms with Crippen molar-refractivity contribution in [3.8, 4) is 11.1 Å². The van der Waals surface area contributed by atoms with Gasteiger partial charge in [-0.05, 0) is 24.1 Å². The lowest BCUT2D eigenvalue weighted by Gasteiger charge is -2.30. The molecule has 2 aromatic heterocycles. The number of hydrogen-bond acceptors (Lipinski definition) is 7. The molecule has 0 aromatic carbocycles. The van der Waals surface area contributed by atoms with Crippen molar-refractivity contribution in [2.75, 3.05) is 45.1 Å². The summed E-state index contributed by atoms with van der Waals surface area (Å²) in [5, 5.41) is 0. The molecule has 4 heterocycles. The summed E-state index contributed by atoms with van der Waals surface area (Å²) >= 11 is 0. The topological polar surface area (TPSA) is 115 Å². The van der Waals surface area contributed by atoms with Crippen LogP contribution in [0.15, 0.2) is 30.9 Å². The average molecular weight is 390 g/mol. The summed E-state index contributed by atoms with van der Waals surface area (Å²) < 4.78 is 34.1. The molecular formula is C17H22N6O3S. The fourth-order valence-electron chi connectivity index (χ4n) is 3.60. The third kappa shape index (κ3) is 3.65. The smallest absolute Gasteiger partial charge is 0.282 e. The molecule has 0 amide bonds. The fraction of sp³-hybridized carbons (Fsp3) is 0.471. The maximum atomic E-state index is 12.9. The predicted octanol–water partition coefficient (Wildman–Crippen LogP) is 0.487. The minimum Gasteiger partial charge on any atom is -0.384 e. The summed E-state index contributed by atoms with van der Waals surface area (Å²) in [5.74, 6) is 0.429. The monoisotopic (exact) mass is 390 g/mol. The Morgan fingerprint density at radius 3 is 2.74 bits per heavy atom. The zero-order valence-electron chi connectivity index (χ0n) is 14.9. The molecule has 2 aliphatic rings. The number of aromatic nitrogens is 3. The summed E-state index contributed by atoms with van der Waals surface area (Å²) in [4.78, 5) is 12.6. The Morgan fingerprint density at radius 1 is 1.15 bits per heavy atom. The SMILES string of the molecule is Nc1cc(-c2cncnc2C2CCN(S(=O)(=O)N3CCOCC3)C2)ccn1. The van der Waals surface area contributed by atoms with Gasteiger partial charge >= 0.3 is 0 Å². The van der Waals surface area contributed by atoms with Crippen LogP contribution in [0.25, 0.3) is 11.1 Å². The number of anilines is 1. The van der Waals surface area contributed by atoms with Gasteiger partial charge in [0.2, 0.25) is 0 Å². The van der Waals surface area contributed by atoms with Gasteiger partial charge in [0, 0.05) is 50.1 Å². The average Bonchev–Trinajstić information content (AvgIpc) is 3.20. The van der Waals surface area contributed by atoms with E-state index in [1.165, 1.54) is 10.6 Å². The van der Waals surface area contributed by atoms with Crippen molar-refractivity contribution in [3.05, 3.63) is 36.5 Å². The van der Waals surface area contributed by atoms with Crippen molar-refractivity contribution in [2.24, 2.45) is 0 Å². The van der Waals surface area contributed by atoms with Crippen LogP contribution in [-0.4, -0.2) is 71.4 Å². The molecule has 0 bridgehead atoms. The minimum absolute atomic E-state index is 0.00760. The second kappa shape index (κ2) is 7.47. The van der Waals surface area contributed by atoms with Gasteiger partial charge in [0.05, 0.1) is 18.9 Å². The predicted molar refractivity (Wildman–Crippen MR) is 99.9 cm³/mol. The number of ether oxygens (including phenoxy) is 1. The standard InChI is InChI=1S/C17H22N6O3S/c18-16-9-13(1-3-20-16)15-10-19-12-21-17(15)14-2-4-23(11-14)27(24,25)22-5-7-26-8-6-22/h1,3,9-10,12,14H,2,4-8,11H2,(H2,18,20). The molecular weight excluding hydrogens is 368 g/mol. The molecule has 9 nitrogen and oxygen atoms in total. The largest absolute Gasteiger partial charge is 0.384 e. The lowest BCUT2D eigenvalue weighted by atomic mass is 9.96. The van der Waals surface area contributed by atoms with E-state index >= 15 is 0 Å². The maximum Gasteiger partial charge on any atom is 0.282 e. The Morgan fingerprint density at radius 2 is 1.96 bits per heavy atom. The van der Waals surface area contributed by atoms with Crippen molar-refractivity contribution in [2.45, 2.75) is 12.3 Å². The molecule has 0 radical (unpaired) electrons. The highest BCUT2D eigenvalue weighted by molar-refractivity contribution is 7.86. The number of morpholine rings is 1. The summed E-state index contributed by atoms with van der Waals surface area (Å²) in [6, 6.07) is 3.63. The third-order valence-electron chi connectivity index (χ3n) is 5.00. The quantitative estimate of drug-likeness (QED) is 0.808. The number of nitrogens with two attached hydrogens (primary N) is 1. The summed E-state index contributed by atoms with van der Waals surface area (Å²) in [5.41, 5.74) is 8.39. The number of pyridine rings is 1. The number of nitrogen functional groups attached to an aromatic ring is 1. The maximum absolute atomic E-state index is 12.9. The zero-order chi connectivity index (χ0) is 18.9. The number of nitrogens with zero attached hydrogens (tertiary/aromatic N) is 5. The van der Waals surface area contributed by atoms with E-state index in [1.54, 1.807) is 22.8 Å².